The van der Waals surface area contributed by atoms with Gasteiger partial charge in [-0.25, -0.2) is 0 Å². The van der Waals surface area contributed by atoms with E-state index in [2.05, 4.69) is 34.1 Å². The number of hydrogen-bond acceptors (Lipinski definition) is 7. The van der Waals surface area contributed by atoms with Crippen molar-refractivity contribution in [1.29, 1.82) is 21.2 Å². The third-order valence-corrected chi connectivity index (χ3v) is 8.90. The van der Waals surface area contributed by atoms with Crippen LogP contribution in [-0.2, 0) is 9.47 Å². The molecule has 1 aliphatic carbocycles. The van der Waals surface area contributed by atoms with E-state index in [1.807, 2.05) is 11.4 Å². The number of thiophene rings is 1. The molecule has 3 heterocycles. The standard InChI is InChI=1S/C23H25BrN4O2S/c24-16-11-17(31-12-16)19-21(13-25,14-26)22(15-27)18-9-7-5-3-1-2-4-6-8-10-23(18,29-19)30-20(22)28/h11-12,18-19,28H,1-10H2. The molecule has 6 nitrogen and oxygen atoms in total. The minimum absolute atomic E-state index is 0.281. The van der Waals surface area contributed by atoms with Crippen LogP contribution in [0.15, 0.2) is 15.9 Å². The second kappa shape index (κ2) is 8.55. The van der Waals surface area contributed by atoms with Crippen molar-refractivity contribution in [3.63, 3.8) is 0 Å². The van der Waals surface area contributed by atoms with Crippen molar-refractivity contribution in [3.8, 4) is 18.2 Å². The van der Waals surface area contributed by atoms with Crippen LogP contribution in [0.2, 0.25) is 0 Å². The van der Waals surface area contributed by atoms with Gasteiger partial charge in [0.1, 0.15) is 6.10 Å². The van der Waals surface area contributed by atoms with E-state index < -0.39 is 28.6 Å². The molecule has 3 aliphatic rings. The van der Waals surface area contributed by atoms with Crippen molar-refractivity contribution >= 4 is 33.2 Å². The van der Waals surface area contributed by atoms with Gasteiger partial charge in [-0.2, -0.15) is 15.8 Å². The average Bonchev–Trinajstić information content (AvgIpc) is 3.26. The fraction of sp³-hybridized carbons (Fsp3) is 0.652. The van der Waals surface area contributed by atoms with Gasteiger partial charge in [-0.15, -0.1) is 11.3 Å². The summed E-state index contributed by atoms with van der Waals surface area (Å²) in [6.45, 7) is 0. The van der Waals surface area contributed by atoms with Crippen LogP contribution in [0.4, 0.5) is 0 Å². The Morgan fingerprint density at radius 1 is 1.00 bits per heavy atom. The summed E-state index contributed by atoms with van der Waals surface area (Å²) < 4.78 is 13.5. The lowest BCUT2D eigenvalue weighted by molar-refractivity contribution is -0.287. The Bertz CT molecular complexity index is 975. The largest absolute Gasteiger partial charge is 0.447 e. The quantitative estimate of drug-likeness (QED) is 0.481. The molecular formula is C23H25BrN4O2S. The van der Waals surface area contributed by atoms with Crippen molar-refractivity contribution in [3.05, 3.63) is 20.8 Å². The summed E-state index contributed by atoms with van der Waals surface area (Å²) in [6.07, 6.45) is 8.67. The van der Waals surface area contributed by atoms with E-state index in [1.54, 1.807) is 0 Å². The van der Waals surface area contributed by atoms with Gasteiger partial charge in [0.2, 0.25) is 17.1 Å². The molecule has 2 aliphatic heterocycles. The molecule has 4 atom stereocenters. The Kier molecular flexibility index (Phi) is 6.14. The Morgan fingerprint density at radius 2 is 1.65 bits per heavy atom. The van der Waals surface area contributed by atoms with Gasteiger partial charge in [0.15, 0.2) is 5.41 Å². The SMILES string of the molecule is N#CC1(C#N)C(c2cc(Br)cs2)OC23CCCCCCCCCCC2C1(C#N)C(=N)O3. The van der Waals surface area contributed by atoms with Crippen LogP contribution >= 0.6 is 27.3 Å². The van der Waals surface area contributed by atoms with Gasteiger partial charge in [0, 0.05) is 21.2 Å². The van der Waals surface area contributed by atoms with E-state index in [9.17, 15) is 15.8 Å². The minimum Gasteiger partial charge on any atom is -0.447 e. The Hall–Kier alpha value is -1.92. The number of ether oxygens (including phenoxy) is 2. The van der Waals surface area contributed by atoms with Crippen molar-refractivity contribution in [1.82, 2.24) is 0 Å². The second-order valence-electron chi connectivity index (χ2n) is 8.78. The lowest BCUT2D eigenvalue weighted by Crippen LogP contribution is -2.59. The average molecular weight is 501 g/mol. The number of hydrogen-bond donors (Lipinski definition) is 1. The van der Waals surface area contributed by atoms with E-state index in [-0.39, 0.29) is 5.90 Å². The van der Waals surface area contributed by atoms with Crippen LogP contribution in [0.25, 0.3) is 0 Å². The molecule has 2 saturated heterocycles. The van der Waals surface area contributed by atoms with Gasteiger partial charge >= 0.3 is 0 Å². The number of halogens is 1. The Labute approximate surface area is 195 Å². The molecule has 31 heavy (non-hydrogen) atoms. The summed E-state index contributed by atoms with van der Waals surface area (Å²) in [4.78, 5) is 0.692. The molecule has 1 aromatic rings. The molecule has 1 aromatic heterocycles. The molecule has 8 heteroatoms. The molecule has 3 fully saturated rings. The first-order chi connectivity index (χ1) is 15.0. The molecule has 4 unspecified atom stereocenters. The molecule has 2 bridgehead atoms. The predicted molar refractivity (Wildman–Crippen MR) is 119 cm³/mol. The first kappa shape index (κ1) is 22.3. The van der Waals surface area contributed by atoms with Crippen molar-refractivity contribution < 1.29 is 9.47 Å². The topological polar surface area (TPSA) is 114 Å². The van der Waals surface area contributed by atoms with Gasteiger partial charge in [0.05, 0.1) is 24.1 Å². The highest BCUT2D eigenvalue weighted by Gasteiger charge is 2.80. The summed E-state index contributed by atoms with van der Waals surface area (Å²) in [5, 5.41) is 41.8. The molecule has 0 radical (unpaired) electrons. The molecule has 1 saturated carbocycles. The first-order valence-corrected chi connectivity index (χ1v) is 12.6. The number of nitriles is 3. The summed E-state index contributed by atoms with van der Waals surface area (Å²) in [5.74, 6) is -1.95. The summed E-state index contributed by atoms with van der Waals surface area (Å²) >= 11 is 4.82. The van der Waals surface area contributed by atoms with Gasteiger partial charge < -0.3 is 9.47 Å². The molecule has 1 N–H and O–H groups in total. The lowest BCUT2D eigenvalue weighted by atomic mass is 9.53. The third-order valence-electron chi connectivity index (χ3n) is 7.16. The lowest BCUT2D eigenvalue weighted by Gasteiger charge is -2.49. The summed E-state index contributed by atoms with van der Waals surface area (Å²) in [6, 6.07) is 8.42. The van der Waals surface area contributed by atoms with Crippen molar-refractivity contribution in [2.45, 2.75) is 76.1 Å². The fourth-order valence-electron chi connectivity index (χ4n) is 5.64. The van der Waals surface area contributed by atoms with Gasteiger partial charge in [-0.3, -0.25) is 5.41 Å². The monoisotopic (exact) mass is 500 g/mol. The van der Waals surface area contributed by atoms with Gasteiger partial charge in [-0.1, -0.05) is 44.9 Å². The number of nitrogens with zero attached hydrogens (tertiary/aromatic N) is 3. The smallest absolute Gasteiger partial charge is 0.217 e. The molecule has 0 spiro atoms. The van der Waals surface area contributed by atoms with Crippen molar-refractivity contribution in [2.75, 3.05) is 0 Å². The fourth-order valence-corrected chi connectivity index (χ4v) is 7.18. The van der Waals surface area contributed by atoms with E-state index in [1.165, 1.54) is 24.2 Å². The summed E-state index contributed by atoms with van der Waals surface area (Å²) in [7, 11) is 0. The zero-order chi connectivity index (χ0) is 22.1. The minimum atomic E-state index is -1.86. The maximum Gasteiger partial charge on any atom is 0.217 e. The molecule has 162 valence electrons. The molecule has 4 rings (SSSR count). The highest BCUT2D eigenvalue weighted by Crippen LogP contribution is 2.68. The number of rotatable bonds is 1. The highest BCUT2D eigenvalue weighted by atomic mass is 79.9. The van der Waals surface area contributed by atoms with E-state index in [0.717, 1.165) is 43.0 Å². The van der Waals surface area contributed by atoms with E-state index in [4.69, 9.17) is 14.9 Å². The molecule has 0 aromatic carbocycles. The second-order valence-corrected chi connectivity index (χ2v) is 10.6. The molecule has 0 amide bonds. The van der Waals surface area contributed by atoms with Crippen LogP contribution in [-0.4, -0.2) is 11.7 Å². The predicted octanol–water partition coefficient (Wildman–Crippen LogP) is 6.36. The van der Waals surface area contributed by atoms with Crippen LogP contribution in [0.1, 0.15) is 75.2 Å². The van der Waals surface area contributed by atoms with Crippen molar-refractivity contribution in [2.24, 2.45) is 16.7 Å². The van der Waals surface area contributed by atoms with Crippen LogP contribution in [0.5, 0.6) is 0 Å². The van der Waals surface area contributed by atoms with Crippen LogP contribution in [0, 0.1) is 56.2 Å². The van der Waals surface area contributed by atoms with Crippen LogP contribution < -0.4 is 0 Å². The Morgan fingerprint density at radius 3 is 2.23 bits per heavy atom. The maximum absolute atomic E-state index is 10.5. The summed E-state index contributed by atoms with van der Waals surface area (Å²) in [5.41, 5.74) is -3.51. The first-order valence-electron chi connectivity index (χ1n) is 10.9. The van der Waals surface area contributed by atoms with E-state index in [0.29, 0.717) is 17.7 Å². The Balaban J connectivity index is 1.88. The third kappa shape index (κ3) is 3.21. The van der Waals surface area contributed by atoms with E-state index >= 15 is 0 Å². The van der Waals surface area contributed by atoms with Gasteiger partial charge in [0.25, 0.3) is 0 Å². The zero-order valence-corrected chi connectivity index (χ0v) is 19.7. The highest BCUT2D eigenvalue weighted by molar-refractivity contribution is 9.10. The maximum atomic E-state index is 10.5. The molecular weight excluding hydrogens is 476 g/mol. The number of nitrogens with one attached hydrogen (secondary N) is 1. The van der Waals surface area contributed by atoms with Gasteiger partial charge in [-0.05, 0) is 34.8 Å². The zero-order valence-electron chi connectivity index (χ0n) is 17.3. The normalized spacial score (nSPS) is 35.2. The van der Waals surface area contributed by atoms with Crippen LogP contribution in [0.3, 0.4) is 0 Å².